The average Bonchev–Trinajstić information content (AvgIpc) is 3.29. The van der Waals surface area contributed by atoms with Crippen LogP contribution in [0.1, 0.15) is 32.3 Å². The first-order valence-corrected chi connectivity index (χ1v) is 11.0. The van der Waals surface area contributed by atoms with Gasteiger partial charge in [0.15, 0.2) is 17.5 Å². The van der Waals surface area contributed by atoms with E-state index in [4.69, 9.17) is 9.73 Å². The molecule has 8 heteroatoms. The number of rotatable bonds is 7. The van der Waals surface area contributed by atoms with Crippen molar-refractivity contribution >= 4 is 11.9 Å². The van der Waals surface area contributed by atoms with Crippen molar-refractivity contribution in [2.45, 2.75) is 33.2 Å². The normalized spacial score (nSPS) is 18.0. The van der Waals surface area contributed by atoms with Crippen LogP contribution in [-0.2, 0) is 11.3 Å². The SMILES string of the molecule is CCNC(=NCc1ccc(OCC)c(F)c1)N1CCN(CC(=O)N2CCCC2)CC1. The van der Waals surface area contributed by atoms with Crippen molar-refractivity contribution in [2.24, 2.45) is 4.99 Å². The zero-order valence-corrected chi connectivity index (χ0v) is 18.2. The minimum Gasteiger partial charge on any atom is -0.491 e. The predicted octanol–water partition coefficient (Wildman–Crippen LogP) is 1.93. The Kier molecular flexibility index (Phi) is 8.30. The molecule has 166 valence electrons. The van der Waals surface area contributed by atoms with Crippen LogP contribution in [0.4, 0.5) is 4.39 Å². The van der Waals surface area contributed by atoms with Crippen molar-refractivity contribution in [3.63, 3.8) is 0 Å². The Morgan fingerprint density at radius 2 is 1.83 bits per heavy atom. The fraction of sp³-hybridized carbons (Fsp3) is 0.636. The van der Waals surface area contributed by atoms with Gasteiger partial charge >= 0.3 is 0 Å². The van der Waals surface area contributed by atoms with Gasteiger partial charge in [0.2, 0.25) is 5.91 Å². The van der Waals surface area contributed by atoms with E-state index in [2.05, 4.69) is 15.1 Å². The quantitative estimate of drug-likeness (QED) is 0.541. The van der Waals surface area contributed by atoms with Crippen LogP contribution in [-0.4, -0.2) is 85.5 Å². The Bertz CT molecular complexity index is 728. The standard InChI is InChI=1S/C22H34FN5O2/c1-3-24-22(25-16-18-7-8-20(30-4-2)19(23)15-18)28-13-11-26(12-14-28)17-21(29)27-9-5-6-10-27/h7-8,15H,3-6,9-14,16-17H2,1-2H3,(H,24,25). The lowest BCUT2D eigenvalue weighted by Crippen LogP contribution is -2.54. The molecule has 0 radical (unpaired) electrons. The number of nitrogens with one attached hydrogen (secondary N) is 1. The van der Waals surface area contributed by atoms with Crippen LogP contribution in [0.3, 0.4) is 0 Å². The smallest absolute Gasteiger partial charge is 0.236 e. The van der Waals surface area contributed by atoms with Gasteiger partial charge in [-0.3, -0.25) is 9.69 Å². The number of guanidine groups is 1. The summed E-state index contributed by atoms with van der Waals surface area (Å²) < 4.78 is 19.3. The molecule has 2 aliphatic heterocycles. The van der Waals surface area contributed by atoms with Crippen LogP contribution in [0.2, 0.25) is 0 Å². The average molecular weight is 420 g/mol. The lowest BCUT2D eigenvalue weighted by molar-refractivity contribution is -0.131. The second kappa shape index (κ2) is 11.2. The lowest BCUT2D eigenvalue weighted by Gasteiger charge is -2.36. The van der Waals surface area contributed by atoms with Gasteiger partial charge in [-0.25, -0.2) is 9.38 Å². The number of carbonyl (C=O) groups excluding carboxylic acids is 1. The molecule has 1 aromatic carbocycles. The van der Waals surface area contributed by atoms with Gasteiger partial charge in [-0.1, -0.05) is 6.07 Å². The van der Waals surface area contributed by atoms with Gasteiger partial charge in [0.1, 0.15) is 0 Å². The monoisotopic (exact) mass is 419 g/mol. The fourth-order valence-corrected chi connectivity index (χ4v) is 3.88. The van der Waals surface area contributed by atoms with E-state index in [-0.39, 0.29) is 17.5 Å². The Morgan fingerprint density at radius 3 is 2.47 bits per heavy atom. The van der Waals surface area contributed by atoms with E-state index in [9.17, 15) is 9.18 Å². The van der Waals surface area contributed by atoms with Crippen LogP contribution in [0, 0.1) is 5.82 Å². The van der Waals surface area contributed by atoms with E-state index in [0.29, 0.717) is 19.7 Å². The summed E-state index contributed by atoms with van der Waals surface area (Å²) in [5.74, 6) is 0.999. The van der Waals surface area contributed by atoms with Crippen molar-refractivity contribution in [1.29, 1.82) is 0 Å². The second-order valence-corrected chi connectivity index (χ2v) is 7.72. The molecule has 0 spiro atoms. The van der Waals surface area contributed by atoms with E-state index in [1.54, 1.807) is 6.07 Å². The molecule has 2 fully saturated rings. The largest absolute Gasteiger partial charge is 0.491 e. The molecular formula is C22H34FN5O2. The first-order valence-electron chi connectivity index (χ1n) is 11.0. The molecule has 0 bridgehead atoms. The second-order valence-electron chi connectivity index (χ2n) is 7.72. The maximum atomic E-state index is 14.1. The highest BCUT2D eigenvalue weighted by molar-refractivity contribution is 5.80. The summed E-state index contributed by atoms with van der Waals surface area (Å²) in [6.07, 6.45) is 2.25. The number of amides is 1. The van der Waals surface area contributed by atoms with Crippen molar-refractivity contribution in [3.8, 4) is 5.75 Å². The van der Waals surface area contributed by atoms with E-state index < -0.39 is 0 Å². The number of aliphatic imine (C=N–C) groups is 1. The van der Waals surface area contributed by atoms with E-state index in [1.807, 2.05) is 24.8 Å². The number of likely N-dealkylation sites (tertiary alicyclic amines) is 1. The minimum absolute atomic E-state index is 0.249. The van der Waals surface area contributed by atoms with Crippen molar-refractivity contribution in [3.05, 3.63) is 29.6 Å². The van der Waals surface area contributed by atoms with Gasteiger partial charge in [-0.15, -0.1) is 0 Å². The molecule has 0 unspecified atom stereocenters. The van der Waals surface area contributed by atoms with E-state index in [0.717, 1.165) is 70.2 Å². The van der Waals surface area contributed by atoms with Crippen LogP contribution < -0.4 is 10.1 Å². The summed E-state index contributed by atoms with van der Waals surface area (Å²) in [6.45, 7) is 11.1. The lowest BCUT2D eigenvalue weighted by atomic mass is 10.2. The van der Waals surface area contributed by atoms with Gasteiger partial charge in [0.05, 0.1) is 19.7 Å². The summed E-state index contributed by atoms with van der Waals surface area (Å²) in [7, 11) is 0. The summed E-state index contributed by atoms with van der Waals surface area (Å²) in [6, 6.07) is 5.00. The highest BCUT2D eigenvalue weighted by Gasteiger charge is 2.24. The summed E-state index contributed by atoms with van der Waals surface area (Å²) in [5, 5.41) is 3.33. The summed E-state index contributed by atoms with van der Waals surface area (Å²) in [4.78, 5) is 23.5. The third kappa shape index (κ3) is 6.08. The van der Waals surface area contributed by atoms with Crippen molar-refractivity contribution in [2.75, 3.05) is 59.0 Å². The summed E-state index contributed by atoms with van der Waals surface area (Å²) >= 11 is 0. The van der Waals surface area contributed by atoms with Gasteiger partial charge in [-0.05, 0) is 44.4 Å². The van der Waals surface area contributed by atoms with Crippen LogP contribution in [0.5, 0.6) is 5.75 Å². The highest BCUT2D eigenvalue weighted by Crippen LogP contribution is 2.19. The van der Waals surface area contributed by atoms with E-state index >= 15 is 0 Å². The topological polar surface area (TPSA) is 60.4 Å². The molecule has 3 rings (SSSR count). The zero-order chi connectivity index (χ0) is 21.3. The Hall–Kier alpha value is -2.35. The van der Waals surface area contributed by atoms with Crippen LogP contribution in [0.15, 0.2) is 23.2 Å². The molecule has 30 heavy (non-hydrogen) atoms. The molecule has 7 nitrogen and oxygen atoms in total. The molecule has 0 aromatic heterocycles. The number of carbonyl (C=O) groups is 1. The Labute approximate surface area is 178 Å². The molecule has 1 aromatic rings. The molecule has 1 N–H and O–H groups in total. The number of nitrogens with zero attached hydrogens (tertiary/aromatic N) is 4. The zero-order valence-electron chi connectivity index (χ0n) is 18.2. The third-order valence-electron chi connectivity index (χ3n) is 5.53. The number of hydrogen-bond donors (Lipinski definition) is 1. The maximum absolute atomic E-state index is 14.1. The maximum Gasteiger partial charge on any atom is 0.236 e. The van der Waals surface area contributed by atoms with Crippen molar-refractivity contribution < 1.29 is 13.9 Å². The third-order valence-corrected chi connectivity index (χ3v) is 5.53. The molecule has 2 heterocycles. The van der Waals surface area contributed by atoms with Gasteiger partial charge in [-0.2, -0.15) is 0 Å². The predicted molar refractivity (Wildman–Crippen MR) is 116 cm³/mol. The molecule has 1 amide bonds. The van der Waals surface area contributed by atoms with E-state index in [1.165, 1.54) is 6.07 Å². The Morgan fingerprint density at radius 1 is 1.10 bits per heavy atom. The van der Waals surface area contributed by atoms with Gasteiger partial charge < -0.3 is 19.9 Å². The molecule has 2 aliphatic rings. The number of hydrogen-bond acceptors (Lipinski definition) is 4. The molecule has 0 atom stereocenters. The highest BCUT2D eigenvalue weighted by atomic mass is 19.1. The molecule has 0 saturated carbocycles. The van der Waals surface area contributed by atoms with Crippen molar-refractivity contribution in [1.82, 2.24) is 20.0 Å². The van der Waals surface area contributed by atoms with Gasteiger partial charge in [0.25, 0.3) is 0 Å². The van der Waals surface area contributed by atoms with Crippen LogP contribution >= 0.6 is 0 Å². The molecule has 2 saturated heterocycles. The number of ether oxygens (including phenoxy) is 1. The van der Waals surface area contributed by atoms with Crippen LogP contribution in [0.25, 0.3) is 0 Å². The minimum atomic E-state index is -0.356. The molecule has 0 aliphatic carbocycles. The fourth-order valence-electron chi connectivity index (χ4n) is 3.88. The molecular weight excluding hydrogens is 385 g/mol. The summed E-state index contributed by atoms with van der Waals surface area (Å²) in [5.41, 5.74) is 0.807. The number of benzene rings is 1. The van der Waals surface area contributed by atoms with Gasteiger partial charge in [0, 0.05) is 45.8 Å². The number of halogens is 1. The number of piperazine rings is 1. The Balaban J connectivity index is 1.53. The first-order chi connectivity index (χ1) is 14.6. The first kappa shape index (κ1) is 22.3.